The highest BCUT2D eigenvalue weighted by Crippen LogP contribution is 2.29. The van der Waals surface area contributed by atoms with Gasteiger partial charge in [0.05, 0.1) is 5.71 Å². The molecule has 0 spiro atoms. The number of hydrogen-bond donors (Lipinski definition) is 1. The normalized spacial score (nSPS) is 25.1. The predicted molar refractivity (Wildman–Crippen MR) is 54.7 cm³/mol. The summed E-state index contributed by atoms with van der Waals surface area (Å²) in [6.45, 7) is 0. The van der Waals surface area contributed by atoms with E-state index < -0.39 is 0 Å². The smallest absolute Gasteiger partial charge is 0.0661 e. The molecular formula is C11H14N2O. The van der Waals surface area contributed by atoms with Crippen molar-refractivity contribution in [1.29, 1.82) is 0 Å². The molecule has 0 aliphatic heterocycles. The number of aromatic nitrogens is 1. The molecule has 1 aromatic rings. The molecule has 1 N–H and O–H groups in total. The van der Waals surface area contributed by atoms with E-state index in [0.29, 0.717) is 0 Å². The summed E-state index contributed by atoms with van der Waals surface area (Å²) in [7, 11) is 0. The molecule has 0 aromatic carbocycles. The van der Waals surface area contributed by atoms with Crippen LogP contribution in [0.15, 0.2) is 29.6 Å². The van der Waals surface area contributed by atoms with Gasteiger partial charge >= 0.3 is 0 Å². The van der Waals surface area contributed by atoms with Crippen molar-refractivity contribution in [3.05, 3.63) is 30.1 Å². The molecule has 1 aromatic heterocycles. The van der Waals surface area contributed by atoms with Gasteiger partial charge in [0.2, 0.25) is 0 Å². The van der Waals surface area contributed by atoms with Crippen LogP contribution >= 0.6 is 0 Å². The standard InChI is InChI=1S/C11H14N2O/c14-13-11-7-2-1-5-9(11)10-6-3-4-8-12-10/h3-4,6,8-9,14H,1-2,5,7H2/b13-11-/t9-/m0/s1. The van der Waals surface area contributed by atoms with Gasteiger partial charge in [-0.15, -0.1) is 0 Å². The van der Waals surface area contributed by atoms with Crippen molar-refractivity contribution in [2.45, 2.75) is 31.6 Å². The lowest BCUT2D eigenvalue weighted by Crippen LogP contribution is -2.18. The number of hydrogen-bond acceptors (Lipinski definition) is 3. The van der Waals surface area contributed by atoms with Crippen LogP contribution in [-0.2, 0) is 0 Å². The molecule has 0 radical (unpaired) electrons. The maximum atomic E-state index is 8.88. The summed E-state index contributed by atoms with van der Waals surface area (Å²) in [6.07, 6.45) is 6.07. The predicted octanol–water partition coefficient (Wildman–Crippen LogP) is 2.57. The van der Waals surface area contributed by atoms with Crippen LogP contribution in [0, 0.1) is 0 Å². The minimum Gasteiger partial charge on any atom is -0.411 e. The van der Waals surface area contributed by atoms with Gasteiger partial charge in [0.15, 0.2) is 0 Å². The van der Waals surface area contributed by atoms with Crippen molar-refractivity contribution >= 4 is 5.71 Å². The third kappa shape index (κ3) is 1.76. The fraction of sp³-hybridized carbons (Fsp3) is 0.455. The Kier molecular flexibility index (Phi) is 2.77. The molecular weight excluding hydrogens is 176 g/mol. The molecule has 3 heteroatoms. The Morgan fingerprint density at radius 1 is 1.36 bits per heavy atom. The first kappa shape index (κ1) is 9.19. The first-order valence-corrected chi connectivity index (χ1v) is 5.03. The maximum absolute atomic E-state index is 8.88. The maximum Gasteiger partial charge on any atom is 0.0661 e. The molecule has 14 heavy (non-hydrogen) atoms. The number of nitrogens with zero attached hydrogens (tertiary/aromatic N) is 2. The zero-order valence-electron chi connectivity index (χ0n) is 8.06. The van der Waals surface area contributed by atoms with E-state index in [1.807, 2.05) is 18.2 Å². The van der Waals surface area contributed by atoms with E-state index in [1.54, 1.807) is 6.20 Å². The highest BCUT2D eigenvalue weighted by Gasteiger charge is 2.23. The van der Waals surface area contributed by atoms with Crippen molar-refractivity contribution in [3.8, 4) is 0 Å². The molecule has 1 heterocycles. The molecule has 3 nitrogen and oxygen atoms in total. The Morgan fingerprint density at radius 2 is 2.29 bits per heavy atom. The van der Waals surface area contributed by atoms with E-state index in [-0.39, 0.29) is 5.92 Å². The molecule has 2 rings (SSSR count). The lowest BCUT2D eigenvalue weighted by Gasteiger charge is -2.22. The second-order valence-electron chi connectivity index (χ2n) is 3.64. The van der Waals surface area contributed by atoms with Crippen molar-refractivity contribution in [1.82, 2.24) is 4.98 Å². The Morgan fingerprint density at radius 3 is 3.00 bits per heavy atom. The van der Waals surface area contributed by atoms with Crippen LogP contribution in [0.2, 0.25) is 0 Å². The first-order chi connectivity index (χ1) is 6.92. The van der Waals surface area contributed by atoms with Gasteiger partial charge in [0.1, 0.15) is 0 Å². The van der Waals surface area contributed by atoms with Crippen LogP contribution < -0.4 is 0 Å². The van der Waals surface area contributed by atoms with Gasteiger partial charge in [-0.1, -0.05) is 17.6 Å². The van der Waals surface area contributed by atoms with Crippen molar-refractivity contribution < 1.29 is 5.21 Å². The van der Waals surface area contributed by atoms with Crippen molar-refractivity contribution in [3.63, 3.8) is 0 Å². The number of pyridine rings is 1. The number of oxime groups is 1. The lowest BCUT2D eigenvalue weighted by atomic mass is 9.85. The second-order valence-corrected chi connectivity index (χ2v) is 3.64. The van der Waals surface area contributed by atoms with Gasteiger partial charge in [-0.25, -0.2) is 0 Å². The highest BCUT2D eigenvalue weighted by molar-refractivity contribution is 5.90. The monoisotopic (exact) mass is 190 g/mol. The molecule has 0 saturated heterocycles. The van der Waals surface area contributed by atoms with E-state index >= 15 is 0 Å². The zero-order chi connectivity index (χ0) is 9.80. The minimum absolute atomic E-state index is 0.231. The molecule has 0 unspecified atom stereocenters. The Bertz CT molecular complexity index is 321. The fourth-order valence-electron chi connectivity index (χ4n) is 2.02. The highest BCUT2D eigenvalue weighted by atomic mass is 16.4. The molecule has 0 bridgehead atoms. The Hall–Kier alpha value is -1.38. The van der Waals surface area contributed by atoms with Crippen LogP contribution in [0.25, 0.3) is 0 Å². The zero-order valence-corrected chi connectivity index (χ0v) is 8.06. The van der Waals surface area contributed by atoms with Gasteiger partial charge in [-0.05, 0) is 31.4 Å². The molecule has 1 fully saturated rings. The van der Waals surface area contributed by atoms with E-state index in [0.717, 1.165) is 30.7 Å². The third-order valence-electron chi connectivity index (χ3n) is 2.75. The Balaban J connectivity index is 2.24. The number of rotatable bonds is 1. The summed E-state index contributed by atoms with van der Waals surface area (Å²) in [5.41, 5.74) is 1.91. The topological polar surface area (TPSA) is 45.5 Å². The van der Waals surface area contributed by atoms with E-state index in [1.165, 1.54) is 6.42 Å². The fourth-order valence-corrected chi connectivity index (χ4v) is 2.02. The summed E-state index contributed by atoms with van der Waals surface area (Å²) in [4.78, 5) is 4.31. The van der Waals surface area contributed by atoms with Crippen LogP contribution in [0.1, 0.15) is 37.3 Å². The summed E-state index contributed by atoms with van der Waals surface area (Å²) in [6, 6.07) is 5.88. The van der Waals surface area contributed by atoms with Crippen molar-refractivity contribution in [2.75, 3.05) is 0 Å². The summed E-state index contributed by atoms with van der Waals surface area (Å²) in [5.74, 6) is 0.231. The van der Waals surface area contributed by atoms with Crippen LogP contribution in [0.5, 0.6) is 0 Å². The average molecular weight is 190 g/mol. The van der Waals surface area contributed by atoms with E-state index in [4.69, 9.17) is 5.21 Å². The van der Waals surface area contributed by atoms with Crippen LogP contribution in [0.3, 0.4) is 0 Å². The average Bonchev–Trinajstić information content (AvgIpc) is 2.30. The van der Waals surface area contributed by atoms with Crippen LogP contribution in [0.4, 0.5) is 0 Å². The molecule has 1 atom stereocenters. The molecule has 74 valence electrons. The van der Waals surface area contributed by atoms with Gasteiger partial charge in [-0.2, -0.15) is 0 Å². The second kappa shape index (κ2) is 4.22. The first-order valence-electron chi connectivity index (χ1n) is 5.03. The quantitative estimate of drug-likeness (QED) is 0.546. The summed E-state index contributed by atoms with van der Waals surface area (Å²) in [5, 5.41) is 12.3. The summed E-state index contributed by atoms with van der Waals surface area (Å²) >= 11 is 0. The van der Waals surface area contributed by atoms with Crippen molar-refractivity contribution in [2.24, 2.45) is 5.16 Å². The Labute approximate surface area is 83.5 Å². The largest absolute Gasteiger partial charge is 0.411 e. The molecule has 1 saturated carbocycles. The van der Waals surface area contributed by atoms with Gasteiger partial charge in [0.25, 0.3) is 0 Å². The minimum atomic E-state index is 0.231. The SMILES string of the molecule is O/N=C1/CCCC[C@H]1c1ccccn1. The van der Waals surface area contributed by atoms with E-state index in [9.17, 15) is 0 Å². The molecule has 0 amide bonds. The van der Waals surface area contributed by atoms with E-state index in [2.05, 4.69) is 10.1 Å². The molecule has 1 aliphatic rings. The van der Waals surface area contributed by atoms with Gasteiger partial charge in [-0.3, -0.25) is 4.98 Å². The van der Waals surface area contributed by atoms with Gasteiger partial charge < -0.3 is 5.21 Å². The lowest BCUT2D eigenvalue weighted by molar-refractivity contribution is 0.312. The van der Waals surface area contributed by atoms with Crippen LogP contribution in [-0.4, -0.2) is 15.9 Å². The summed E-state index contributed by atoms with van der Waals surface area (Å²) < 4.78 is 0. The van der Waals surface area contributed by atoms with Gasteiger partial charge in [0, 0.05) is 17.8 Å². The third-order valence-corrected chi connectivity index (χ3v) is 2.75. The molecule has 1 aliphatic carbocycles.